The van der Waals surface area contributed by atoms with Crippen molar-refractivity contribution < 1.29 is 0 Å². The predicted molar refractivity (Wildman–Crippen MR) is 61.3 cm³/mol. The predicted octanol–water partition coefficient (Wildman–Crippen LogP) is 2.25. The molecule has 0 fully saturated rings. The Morgan fingerprint density at radius 2 is 1.93 bits per heavy atom. The second kappa shape index (κ2) is 4.60. The third-order valence-electron chi connectivity index (χ3n) is 2.41. The van der Waals surface area contributed by atoms with Crippen LogP contribution in [0.2, 0.25) is 0 Å². The molecule has 75 valence electrons. The van der Waals surface area contributed by atoms with Gasteiger partial charge in [0.25, 0.3) is 0 Å². The minimum atomic E-state index is 0.826. The maximum Gasteiger partial charge on any atom is 0.0377 e. The van der Waals surface area contributed by atoms with Crippen LogP contribution in [0.25, 0.3) is 0 Å². The minimum absolute atomic E-state index is 0.826. The highest BCUT2D eigenvalue weighted by atomic mass is 14.7. The SMILES string of the molecule is Nc1ccncc1CCc1cc[c]cc1. The smallest absolute Gasteiger partial charge is 0.0377 e. The first kappa shape index (κ1) is 9.71. The van der Waals surface area contributed by atoms with E-state index in [1.807, 2.05) is 24.4 Å². The summed E-state index contributed by atoms with van der Waals surface area (Å²) in [6.45, 7) is 0. The van der Waals surface area contributed by atoms with Crippen molar-refractivity contribution in [3.8, 4) is 0 Å². The van der Waals surface area contributed by atoms with Crippen molar-refractivity contribution in [3.63, 3.8) is 0 Å². The van der Waals surface area contributed by atoms with E-state index in [0.29, 0.717) is 0 Å². The summed E-state index contributed by atoms with van der Waals surface area (Å²) in [7, 11) is 0. The molecule has 2 rings (SSSR count). The molecule has 0 aliphatic rings. The molecule has 1 heterocycles. The summed E-state index contributed by atoms with van der Waals surface area (Å²) in [5, 5.41) is 0. The normalized spacial score (nSPS) is 10.1. The average Bonchev–Trinajstić information content (AvgIpc) is 2.29. The number of rotatable bonds is 3. The van der Waals surface area contributed by atoms with Crippen molar-refractivity contribution in [2.75, 3.05) is 5.73 Å². The number of hydrogen-bond donors (Lipinski definition) is 1. The Morgan fingerprint density at radius 3 is 2.67 bits per heavy atom. The molecule has 2 nitrogen and oxygen atoms in total. The molecule has 0 aliphatic carbocycles. The highest BCUT2D eigenvalue weighted by Gasteiger charge is 1.99. The number of pyridine rings is 1. The quantitative estimate of drug-likeness (QED) is 0.819. The number of aromatic nitrogens is 1. The zero-order valence-electron chi connectivity index (χ0n) is 8.48. The Balaban J connectivity index is 2.03. The first-order chi connectivity index (χ1) is 7.36. The largest absolute Gasteiger partial charge is 0.398 e. The molecule has 2 N–H and O–H groups in total. The Labute approximate surface area is 89.8 Å². The number of nitrogens with two attached hydrogens (primary N) is 1. The van der Waals surface area contributed by atoms with Gasteiger partial charge >= 0.3 is 0 Å². The van der Waals surface area contributed by atoms with E-state index in [1.54, 1.807) is 6.20 Å². The van der Waals surface area contributed by atoms with Gasteiger partial charge in [0.15, 0.2) is 0 Å². The van der Waals surface area contributed by atoms with Gasteiger partial charge in [0.1, 0.15) is 0 Å². The van der Waals surface area contributed by atoms with Gasteiger partial charge in [-0.15, -0.1) is 0 Å². The molecular formula is C13H13N2. The fourth-order valence-corrected chi connectivity index (χ4v) is 1.51. The summed E-state index contributed by atoms with van der Waals surface area (Å²) < 4.78 is 0. The number of hydrogen-bond acceptors (Lipinski definition) is 2. The van der Waals surface area contributed by atoms with Gasteiger partial charge in [-0.1, -0.05) is 24.3 Å². The fraction of sp³-hybridized carbons (Fsp3) is 0.154. The summed E-state index contributed by atoms with van der Waals surface area (Å²) in [5.41, 5.74) is 9.08. The summed E-state index contributed by atoms with van der Waals surface area (Å²) in [4.78, 5) is 4.07. The van der Waals surface area contributed by atoms with Gasteiger partial charge in [0, 0.05) is 18.1 Å². The van der Waals surface area contributed by atoms with E-state index in [0.717, 1.165) is 24.1 Å². The summed E-state index contributed by atoms with van der Waals surface area (Å²) in [6, 6.07) is 12.9. The van der Waals surface area contributed by atoms with E-state index in [1.165, 1.54) is 5.56 Å². The molecule has 2 aromatic rings. The monoisotopic (exact) mass is 197 g/mol. The van der Waals surface area contributed by atoms with Crippen LogP contribution < -0.4 is 5.73 Å². The lowest BCUT2D eigenvalue weighted by atomic mass is 10.1. The van der Waals surface area contributed by atoms with Crippen LogP contribution in [0.1, 0.15) is 11.1 Å². The van der Waals surface area contributed by atoms with E-state index in [9.17, 15) is 0 Å². The van der Waals surface area contributed by atoms with Crippen LogP contribution in [-0.2, 0) is 12.8 Å². The molecule has 0 atom stereocenters. The Bertz CT molecular complexity index is 424. The zero-order chi connectivity index (χ0) is 10.5. The molecule has 0 saturated heterocycles. The van der Waals surface area contributed by atoms with Crippen LogP contribution in [-0.4, -0.2) is 4.98 Å². The van der Waals surface area contributed by atoms with Crippen molar-refractivity contribution in [2.45, 2.75) is 12.8 Å². The van der Waals surface area contributed by atoms with Gasteiger partial charge in [-0.05, 0) is 36.1 Å². The second-order valence-corrected chi connectivity index (χ2v) is 3.48. The van der Waals surface area contributed by atoms with Gasteiger partial charge in [-0.2, -0.15) is 0 Å². The third kappa shape index (κ3) is 2.56. The van der Waals surface area contributed by atoms with Crippen molar-refractivity contribution in [2.24, 2.45) is 0 Å². The molecule has 0 bridgehead atoms. The zero-order valence-corrected chi connectivity index (χ0v) is 8.48. The Hall–Kier alpha value is -1.83. The third-order valence-corrected chi connectivity index (χ3v) is 2.41. The van der Waals surface area contributed by atoms with Crippen molar-refractivity contribution in [1.29, 1.82) is 0 Å². The van der Waals surface area contributed by atoms with Crippen LogP contribution in [0.3, 0.4) is 0 Å². The first-order valence-electron chi connectivity index (χ1n) is 4.99. The molecule has 0 saturated carbocycles. The maximum absolute atomic E-state index is 5.84. The lowest BCUT2D eigenvalue weighted by molar-refractivity contribution is 0.953. The molecule has 1 aromatic carbocycles. The highest BCUT2D eigenvalue weighted by Crippen LogP contribution is 2.12. The van der Waals surface area contributed by atoms with Crippen LogP contribution in [0.4, 0.5) is 5.69 Å². The number of aryl methyl sites for hydroxylation is 2. The summed E-state index contributed by atoms with van der Waals surface area (Å²) in [6.07, 6.45) is 5.48. The maximum atomic E-state index is 5.84. The molecule has 1 aromatic heterocycles. The van der Waals surface area contributed by atoms with Gasteiger partial charge < -0.3 is 5.73 Å². The molecule has 0 amide bonds. The molecule has 0 aliphatic heterocycles. The molecule has 0 unspecified atom stereocenters. The second-order valence-electron chi connectivity index (χ2n) is 3.48. The van der Waals surface area contributed by atoms with Gasteiger partial charge in [-0.3, -0.25) is 4.98 Å². The summed E-state index contributed by atoms with van der Waals surface area (Å²) >= 11 is 0. The van der Waals surface area contributed by atoms with E-state index in [-0.39, 0.29) is 0 Å². The standard InChI is InChI=1S/C13H13N2/c14-13-8-9-15-10-12(13)7-6-11-4-2-1-3-5-11/h2-5,8-10H,6-7H2,(H2,14,15). The molecule has 1 radical (unpaired) electrons. The molecule has 15 heavy (non-hydrogen) atoms. The van der Waals surface area contributed by atoms with Crippen LogP contribution in [0.15, 0.2) is 42.7 Å². The first-order valence-corrected chi connectivity index (χ1v) is 4.99. The van der Waals surface area contributed by atoms with Crippen LogP contribution in [0, 0.1) is 6.07 Å². The average molecular weight is 197 g/mol. The van der Waals surface area contributed by atoms with E-state index in [4.69, 9.17) is 5.73 Å². The molecule has 0 spiro atoms. The van der Waals surface area contributed by atoms with Crippen molar-refractivity contribution in [3.05, 3.63) is 59.9 Å². The number of nitrogen functional groups attached to an aromatic ring is 1. The number of benzene rings is 1. The molecular weight excluding hydrogens is 184 g/mol. The topological polar surface area (TPSA) is 38.9 Å². The minimum Gasteiger partial charge on any atom is -0.398 e. The van der Waals surface area contributed by atoms with E-state index < -0.39 is 0 Å². The Morgan fingerprint density at radius 1 is 1.13 bits per heavy atom. The highest BCUT2D eigenvalue weighted by molar-refractivity contribution is 5.44. The van der Waals surface area contributed by atoms with Gasteiger partial charge in [0.05, 0.1) is 0 Å². The molecule has 2 heteroatoms. The van der Waals surface area contributed by atoms with E-state index >= 15 is 0 Å². The van der Waals surface area contributed by atoms with Crippen LogP contribution in [0.5, 0.6) is 0 Å². The van der Waals surface area contributed by atoms with Crippen molar-refractivity contribution in [1.82, 2.24) is 4.98 Å². The van der Waals surface area contributed by atoms with Crippen LogP contribution >= 0.6 is 0 Å². The Kier molecular flexibility index (Phi) is 2.98. The van der Waals surface area contributed by atoms with Crippen molar-refractivity contribution >= 4 is 5.69 Å². The summed E-state index contributed by atoms with van der Waals surface area (Å²) in [5.74, 6) is 0. The number of anilines is 1. The van der Waals surface area contributed by atoms with Gasteiger partial charge in [0.2, 0.25) is 0 Å². The lowest BCUT2D eigenvalue weighted by Gasteiger charge is -2.04. The lowest BCUT2D eigenvalue weighted by Crippen LogP contribution is -1.97. The van der Waals surface area contributed by atoms with E-state index in [2.05, 4.69) is 23.2 Å². The number of nitrogens with zero attached hydrogens (tertiary/aromatic N) is 1. The van der Waals surface area contributed by atoms with Gasteiger partial charge in [-0.25, -0.2) is 0 Å². The fourth-order valence-electron chi connectivity index (χ4n) is 1.51.